The van der Waals surface area contributed by atoms with E-state index in [0.717, 1.165) is 24.0 Å². The number of methoxy groups -OCH3 is 1. The van der Waals surface area contributed by atoms with Crippen LogP contribution in [-0.2, 0) is 11.3 Å². The highest BCUT2D eigenvalue weighted by Crippen LogP contribution is 2.21. The van der Waals surface area contributed by atoms with Crippen LogP contribution in [0.2, 0.25) is 5.02 Å². The van der Waals surface area contributed by atoms with E-state index >= 15 is 0 Å². The predicted octanol–water partition coefficient (Wildman–Crippen LogP) is 3.52. The summed E-state index contributed by atoms with van der Waals surface area (Å²) in [4.78, 5) is 13.4. The first-order valence-corrected chi connectivity index (χ1v) is 9.90. The van der Waals surface area contributed by atoms with Crippen LogP contribution < -0.4 is 10.1 Å². The number of aliphatic hydroxyl groups excluding tert-OH is 1. The van der Waals surface area contributed by atoms with Gasteiger partial charge in [-0.25, -0.2) is 15.0 Å². The normalized spacial score (nSPS) is 17.2. The predicted molar refractivity (Wildman–Crippen MR) is 114 cm³/mol. The van der Waals surface area contributed by atoms with E-state index in [0.29, 0.717) is 28.1 Å². The summed E-state index contributed by atoms with van der Waals surface area (Å²) in [5, 5.41) is 13.0. The standard InChI is InChI=1S/C21H25ClN4O3/c1-4-5-13(2)29-18-9-7-15(11-23-18)19-24-20(26-21(25-19)28-3)16-10-14(12-27)6-8-17(16)22/h6-11,13,21,27H,4-5,12H2,1-3H3,(H,24,25,26)/t13-,21?/m1/s1. The highest BCUT2D eigenvalue weighted by atomic mass is 35.5. The number of amidine groups is 2. The van der Waals surface area contributed by atoms with Crippen LogP contribution in [0, 0.1) is 0 Å². The van der Waals surface area contributed by atoms with E-state index < -0.39 is 6.35 Å². The Morgan fingerprint density at radius 3 is 2.76 bits per heavy atom. The summed E-state index contributed by atoms with van der Waals surface area (Å²) < 4.78 is 11.2. The van der Waals surface area contributed by atoms with Gasteiger partial charge in [0.1, 0.15) is 5.84 Å². The monoisotopic (exact) mass is 416 g/mol. The fourth-order valence-corrected chi connectivity index (χ4v) is 3.13. The van der Waals surface area contributed by atoms with Crippen molar-refractivity contribution >= 4 is 23.3 Å². The van der Waals surface area contributed by atoms with Crippen molar-refractivity contribution in [3.63, 3.8) is 0 Å². The van der Waals surface area contributed by atoms with E-state index in [1.54, 1.807) is 31.5 Å². The molecule has 0 fully saturated rings. The van der Waals surface area contributed by atoms with Crippen LogP contribution in [0.15, 0.2) is 46.5 Å². The summed E-state index contributed by atoms with van der Waals surface area (Å²) in [6, 6.07) is 8.95. The number of ether oxygens (including phenoxy) is 2. The van der Waals surface area contributed by atoms with Crippen molar-refractivity contribution in [2.45, 2.75) is 45.8 Å². The van der Waals surface area contributed by atoms with E-state index in [2.05, 4.69) is 27.2 Å². The number of nitrogens with one attached hydrogen (secondary N) is 1. The minimum absolute atomic E-state index is 0.0893. The summed E-state index contributed by atoms with van der Waals surface area (Å²) in [6.07, 6.45) is 3.19. The lowest BCUT2D eigenvalue weighted by molar-refractivity contribution is 0.0975. The van der Waals surface area contributed by atoms with Gasteiger partial charge in [0.2, 0.25) is 12.2 Å². The van der Waals surface area contributed by atoms with Crippen molar-refractivity contribution in [1.82, 2.24) is 10.3 Å². The Bertz CT molecular complexity index is 899. The van der Waals surface area contributed by atoms with Crippen LogP contribution in [0.25, 0.3) is 0 Å². The van der Waals surface area contributed by atoms with Crippen molar-refractivity contribution in [2.24, 2.45) is 9.98 Å². The zero-order valence-corrected chi connectivity index (χ0v) is 17.5. The molecule has 0 aliphatic carbocycles. The third-order valence-electron chi connectivity index (χ3n) is 4.42. The third-order valence-corrected chi connectivity index (χ3v) is 4.75. The second kappa shape index (κ2) is 9.82. The molecule has 1 aliphatic rings. The number of pyridine rings is 1. The van der Waals surface area contributed by atoms with Crippen LogP contribution in [-0.4, -0.2) is 41.3 Å². The first-order valence-electron chi connectivity index (χ1n) is 9.52. The second-order valence-corrected chi connectivity index (χ2v) is 7.13. The van der Waals surface area contributed by atoms with Gasteiger partial charge < -0.3 is 19.9 Å². The van der Waals surface area contributed by atoms with E-state index in [-0.39, 0.29) is 12.7 Å². The average Bonchev–Trinajstić information content (AvgIpc) is 2.74. The lowest BCUT2D eigenvalue weighted by Gasteiger charge is -2.22. The van der Waals surface area contributed by atoms with E-state index in [4.69, 9.17) is 21.1 Å². The van der Waals surface area contributed by atoms with Crippen molar-refractivity contribution in [3.05, 3.63) is 58.2 Å². The lowest BCUT2D eigenvalue weighted by Crippen LogP contribution is -2.40. The second-order valence-electron chi connectivity index (χ2n) is 6.72. The van der Waals surface area contributed by atoms with Crippen LogP contribution in [0.3, 0.4) is 0 Å². The Kier molecular flexibility index (Phi) is 7.19. The highest BCUT2D eigenvalue weighted by Gasteiger charge is 2.21. The van der Waals surface area contributed by atoms with Crippen molar-refractivity contribution in [2.75, 3.05) is 7.11 Å². The summed E-state index contributed by atoms with van der Waals surface area (Å²) >= 11 is 6.35. The molecule has 0 bridgehead atoms. The molecular weight excluding hydrogens is 392 g/mol. The van der Waals surface area contributed by atoms with E-state index in [1.165, 1.54) is 0 Å². The molecule has 0 saturated heterocycles. The van der Waals surface area contributed by atoms with Gasteiger partial charge in [-0.15, -0.1) is 0 Å². The third kappa shape index (κ3) is 5.32. The molecule has 29 heavy (non-hydrogen) atoms. The molecule has 3 rings (SSSR count). The number of hydrogen-bond donors (Lipinski definition) is 2. The Morgan fingerprint density at radius 1 is 1.28 bits per heavy atom. The van der Waals surface area contributed by atoms with Gasteiger partial charge >= 0.3 is 0 Å². The van der Waals surface area contributed by atoms with Crippen LogP contribution in [0.5, 0.6) is 5.88 Å². The molecule has 0 spiro atoms. The van der Waals surface area contributed by atoms with Crippen LogP contribution in [0.4, 0.5) is 0 Å². The van der Waals surface area contributed by atoms with E-state index in [1.807, 2.05) is 19.1 Å². The van der Waals surface area contributed by atoms with Gasteiger partial charge in [0.05, 0.1) is 17.7 Å². The van der Waals surface area contributed by atoms with Crippen molar-refractivity contribution in [1.29, 1.82) is 0 Å². The lowest BCUT2D eigenvalue weighted by atomic mass is 10.1. The quantitative estimate of drug-likeness (QED) is 0.687. The molecule has 2 heterocycles. The number of aliphatic hydroxyl groups is 1. The fourth-order valence-electron chi connectivity index (χ4n) is 2.92. The van der Waals surface area contributed by atoms with Crippen LogP contribution in [0.1, 0.15) is 43.4 Å². The molecular formula is C21H25ClN4O3. The van der Waals surface area contributed by atoms with Crippen LogP contribution >= 0.6 is 11.6 Å². The number of nitrogens with zero attached hydrogens (tertiary/aromatic N) is 3. The molecule has 1 aromatic carbocycles. The van der Waals surface area contributed by atoms with Gasteiger partial charge in [0.15, 0.2) is 5.84 Å². The molecule has 1 aliphatic heterocycles. The molecule has 154 valence electrons. The molecule has 2 aromatic rings. The first kappa shape index (κ1) is 21.2. The Labute approximate surface area is 175 Å². The van der Waals surface area contributed by atoms with Gasteiger partial charge in [0, 0.05) is 30.5 Å². The Balaban J connectivity index is 1.89. The zero-order chi connectivity index (χ0) is 20.8. The molecule has 1 unspecified atom stereocenters. The number of benzene rings is 1. The van der Waals surface area contributed by atoms with Gasteiger partial charge in [0.25, 0.3) is 0 Å². The Hall–Kier alpha value is -2.48. The van der Waals surface area contributed by atoms with Gasteiger partial charge in [-0.1, -0.05) is 31.0 Å². The van der Waals surface area contributed by atoms with Gasteiger partial charge in [-0.05, 0) is 37.1 Å². The Morgan fingerprint density at radius 2 is 2.10 bits per heavy atom. The number of hydrogen-bond acceptors (Lipinski definition) is 7. The minimum atomic E-state index is -0.619. The summed E-state index contributed by atoms with van der Waals surface area (Å²) in [5.74, 6) is 1.55. The smallest absolute Gasteiger partial charge is 0.228 e. The SMILES string of the molecule is CCC[C@@H](C)Oc1ccc(C2=NC(OC)NC(c3cc(CO)ccc3Cl)=N2)cn1. The maximum absolute atomic E-state index is 9.43. The topological polar surface area (TPSA) is 88.3 Å². The van der Waals surface area contributed by atoms with Crippen molar-refractivity contribution in [3.8, 4) is 5.88 Å². The summed E-state index contributed by atoms with van der Waals surface area (Å²) in [5.41, 5.74) is 2.13. The molecule has 0 radical (unpaired) electrons. The molecule has 7 nitrogen and oxygen atoms in total. The summed E-state index contributed by atoms with van der Waals surface area (Å²) in [7, 11) is 1.55. The fraction of sp³-hybridized carbons (Fsp3) is 0.381. The minimum Gasteiger partial charge on any atom is -0.475 e. The van der Waals surface area contributed by atoms with Gasteiger partial charge in [-0.3, -0.25) is 0 Å². The molecule has 2 atom stereocenters. The molecule has 8 heteroatoms. The molecule has 2 N–H and O–H groups in total. The summed E-state index contributed by atoms with van der Waals surface area (Å²) in [6.45, 7) is 4.06. The maximum Gasteiger partial charge on any atom is 0.228 e. The number of rotatable bonds is 8. The molecule has 1 aromatic heterocycles. The molecule has 0 amide bonds. The van der Waals surface area contributed by atoms with E-state index in [9.17, 15) is 5.11 Å². The maximum atomic E-state index is 9.43. The number of halogens is 1. The molecule has 0 saturated carbocycles. The van der Waals surface area contributed by atoms with Crippen molar-refractivity contribution < 1.29 is 14.6 Å². The van der Waals surface area contributed by atoms with Gasteiger partial charge in [-0.2, -0.15) is 0 Å². The highest BCUT2D eigenvalue weighted by molar-refractivity contribution is 6.34. The average molecular weight is 417 g/mol. The largest absolute Gasteiger partial charge is 0.475 e. The first-order chi connectivity index (χ1) is 14.0. The zero-order valence-electron chi connectivity index (χ0n) is 16.7. The number of aliphatic imine (C=N–C) groups is 2. The number of aromatic nitrogens is 1.